The van der Waals surface area contributed by atoms with Crippen LogP contribution in [0.5, 0.6) is 5.75 Å². The molecule has 0 saturated heterocycles. The molecule has 0 amide bonds. The lowest BCUT2D eigenvalue weighted by Gasteiger charge is -2.04. The smallest absolute Gasteiger partial charge is 0.130 e. The molecule has 0 unspecified atom stereocenters. The van der Waals surface area contributed by atoms with Crippen LogP contribution in [-0.2, 0) is 0 Å². The summed E-state index contributed by atoms with van der Waals surface area (Å²) in [7, 11) is 0. The molecule has 0 saturated carbocycles. The van der Waals surface area contributed by atoms with Gasteiger partial charge in [-0.1, -0.05) is 6.07 Å². The van der Waals surface area contributed by atoms with Crippen LogP contribution in [0.3, 0.4) is 0 Å². The average Bonchev–Trinajstić information content (AvgIpc) is 2.45. The van der Waals surface area contributed by atoms with Gasteiger partial charge in [-0.2, -0.15) is 0 Å². The molecule has 0 aliphatic carbocycles. The predicted molar refractivity (Wildman–Crippen MR) is 64.7 cm³/mol. The minimum absolute atomic E-state index is 0.649. The Morgan fingerprint density at radius 2 is 2.29 bits per heavy atom. The summed E-state index contributed by atoms with van der Waals surface area (Å²) in [5.74, 6) is 0.846. The lowest BCUT2D eigenvalue weighted by molar-refractivity contribution is 0.344. The summed E-state index contributed by atoms with van der Waals surface area (Å²) in [4.78, 5) is 0. The molecule has 0 atom stereocenters. The van der Waals surface area contributed by atoms with E-state index < -0.39 is 0 Å². The summed E-state index contributed by atoms with van der Waals surface area (Å²) in [6.45, 7) is 2.61. The Labute approximate surface area is 92.1 Å². The van der Waals surface area contributed by atoms with Crippen molar-refractivity contribution in [1.29, 1.82) is 0 Å². The van der Waals surface area contributed by atoms with Gasteiger partial charge in [-0.05, 0) is 19.1 Å². The van der Waals surface area contributed by atoms with Gasteiger partial charge < -0.3 is 10.5 Å². The van der Waals surface area contributed by atoms with Gasteiger partial charge in [-0.25, -0.2) is 0 Å². The maximum atomic E-state index is 5.92. The molecule has 2 aromatic rings. The number of nitrogens with two attached hydrogens (primary N) is 1. The third kappa shape index (κ3) is 1.44. The van der Waals surface area contributed by atoms with Crippen molar-refractivity contribution in [3.05, 3.63) is 18.2 Å². The van der Waals surface area contributed by atoms with Crippen LogP contribution in [0.25, 0.3) is 10.1 Å². The fourth-order valence-electron chi connectivity index (χ4n) is 1.40. The fraction of sp³-hybridized carbons (Fsp3) is 0.200. The summed E-state index contributed by atoms with van der Waals surface area (Å²) in [5.41, 5.74) is 6.64. The summed E-state index contributed by atoms with van der Waals surface area (Å²) < 4.78 is 7.48. The molecular formula is C10H11NOS2. The standard InChI is InChI=1S/C10H11NOS2/c1-2-12-6-4-3-5-7-8(6)9(11)10(13)14-7/h3-5,13H,2,11H2,1H3. The molecule has 74 valence electrons. The molecule has 0 bridgehead atoms. The van der Waals surface area contributed by atoms with Gasteiger partial charge in [0.2, 0.25) is 0 Å². The number of ether oxygens (including phenoxy) is 1. The van der Waals surface area contributed by atoms with Crippen LogP contribution in [0.15, 0.2) is 22.4 Å². The average molecular weight is 225 g/mol. The van der Waals surface area contributed by atoms with Gasteiger partial charge >= 0.3 is 0 Å². The van der Waals surface area contributed by atoms with Crippen molar-refractivity contribution in [2.24, 2.45) is 0 Å². The molecule has 14 heavy (non-hydrogen) atoms. The Morgan fingerprint density at radius 3 is 3.00 bits per heavy atom. The number of benzene rings is 1. The fourth-order valence-corrected chi connectivity index (χ4v) is 2.69. The third-order valence-corrected chi connectivity index (χ3v) is 3.48. The predicted octanol–water partition coefficient (Wildman–Crippen LogP) is 3.17. The highest BCUT2D eigenvalue weighted by Crippen LogP contribution is 2.41. The summed E-state index contributed by atoms with van der Waals surface area (Å²) >= 11 is 5.89. The molecular weight excluding hydrogens is 214 g/mol. The van der Waals surface area contributed by atoms with Gasteiger partial charge in [0.15, 0.2) is 0 Å². The second-order valence-electron chi connectivity index (χ2n) is 2.88. The Morgan fingerprint density at radius 1 is 1.50 bits per heavy atom. The Hall–Kier alpha value is -0.870. The number of fused-ring (bicyclic) bond motifs is 1. The van der Waals surface area contributed by atoms with Crippen LogP contribution in [-0.4, -0.2) is 6.61 Å². The normalized spacial score (nSPS) is 10.7. The molecule has 2 nitrogen and oxygen atoms in total. The summed E-state index contributed by atoms with van der Waals surface area (Å²) in [6, 6.07) is 5.93. The first-order chi connectivity index (χ1) is 6.74. The van der Waals surface area contributed by atoms with Gasteiger partial charge in [0.25, 0.3) is 0 Å². The molecule has 1 aromatic carbocycles. The topological polar surface area (TPSA) is 35.2 Å². The van der Waals surface area contributed by atoms with Gasteiger partial charge in [0.05, 0.1) is 21.9 Å². The van der Waals surface area contributed by atoms with Crippen LogP contribution in [0.4, 0.5) is 5.69 Å². The molecule has 0 spiro atoms. The molecule has 4 heteroatoms. The zero-order valence-electron chi connectivity index (χ0n) is 7.78. The van der Waals surface area contributed by atoms with Crippen molar-refractivity contribution in [2.45, 2.75) is 11.1 Å². The lowest BCUT2D eigenvalue weighted by atomic mass is 10.2. The lowest BCUT2D eigenvalue weighted by Crippen LogP contribution is -1.93. The summed E-state index contributed by atoms with van der Waals surface area (Å²) in [6.07, 6.45) is 0. The third-order valence-electron chi connectivity index (χ3n) is 1.99. The van der Waals surface area contributed by atoms with E-state index in [4.69, 9.17) is 10.5 Å². The van der Waals surface area contributed by atoms with Crippen LogP contribution in [0, 0.1) is 0 Å². The van der Waals surface area contributed by atoms with Crippen LogP contribution >= 0.6 is 24.0 Å². The number of nitrogen functional groups attached to an aromatic ring is 1. The highest BCUT2D eigenvalue weighted by atomic mass is 32.2. The summed E-state index contributed by atoms with van der Waals surface area (Å²) in [5, 5.41) is 0.990. The minimum Gasteiger partial charge on any atom is -0.493 e. The maximum absolute atomic E-state index is 5.92. The number of anilines is 1. The Bertz CT molecular complexity index is 464. The van der Waals surface area contributed by atoms with Crippen molar-refractivity contribution >= 4 is 39.7 Å². The van der Waals surface area contributed by atoms with E-state index in [0.717, 1.165) is 25.7 Å². The molecule has 0 radical (unpaired) electrons. The molecule has 2 N–H and O–H groups in total. The largest absolute Gasteiger partial charge is 0.493 e. The van der Waals surface area contributed by atoms with Gasteiger partial charge in [-0.15, -0.1) is 24.0 Å². The van der Waals surface area contributed by atoms with Crippen molar-refractivity contribution in [3.8, 4) is 5.75 Å². The second-order valence-corrected chi connectivity index (χ2v) is 4.69. The van der Waals surface area contributed by atoms with E-state index in [1.165, 1.54) is 0 Å². The van der Waals surface area contributed by atoms with Gasteiger partial charge in [0, 0.05) is 4.70 Å². The van der Waals surface area contributed by atoms with Gasteiger partial charge in [-0.3, -0.25) is 0 Å². The van der Waals surface area contributed by atoms with Crippen molar-refractivity contribution in [1.82, 2.24) is 0 Å². The van der Waals surface area contributed by atoms with E-state index in [-0.39, 0.29) is 0 Å². The monoisotopic (exact) mass is 225 g/mol. The van der Waals surface area contributed by atoms with Crippen LogP contribution in [0.1, 0.15) is 6.92 Å². The van der Waals surface area contributed by atoms with E-state index in [9.17, 15) is 0 Å². The highest BCUT2D eigenvalue weighted by molar-refractivity contribution is 7.83. The minimum atomic E-state index is 0.649. The number of thiol groups is 1. The number of rotatable bonds is 2. The first-order valence-electron chi connectivity index (χ1n) is 4.36. The number of hydrogen-bond acceptors (Lipinski definition) is 4. The van der Waals surface area contributed by atoms with E-state index in [1.54, 1.807) is 11.3 Å². The second kappa shape index (κ2) is 3.71. The zero-order valence-corrected chi connectivity index (χ0v) is 9.49. The molecule has 0 fully saturated rings. The molecule has 1 heterocycles. The van der Waals surface area contributed by atoms with E-state index in [0.29, 0.717) is 6.61 Å². The highest BCUT2D eigenvalue weighted by Gasteiger charge is 2.10. The molecule has 0 aliphatic rings. The SMILES string of the molecule is CCOc1cccc2sc(S)c(N)c12. The Balaban J connectivity index is 2.71. The molecule has 2 rings (SSSR count). The molecule has 1 aromatic heterocycles. The quantitative estimate of drug-likeness (QED) is 0.770. The maximum Gasteiger partial charge on any atom is 0.130 e. The van der Waals surface area contributed by atoms with Crippen LogP contribution in [0.2, 0.25) is 0 Å². The van der Waals surface area contributed by atoms with Crippen LogP contribution < -0.4 is 10.5 Å². The van der Waals surface area contributed by atoms with Crippen molar-refractivity contribution < 1.29 is 4.74 Å². The van der Waals surface area contributed by atoms with Crippen molar-refractivity contribution in [2.75, 3.05) is 12.3 Å². The van der Waals surface area contributed by atoms with Gasteiger partial charge in [0.1, 0.15) is 5.75 Å². The van der Waals surface area contributed by atoms with E-state index in [1.807, 2.05) is 25.1 Å². The number of thiophene rings is 1. The Kier molecular flexibility index (Phi) is 2.56. The van der Waals surface area contributed by atoms with E-state index in [2.05, 4.69) is 12.6 Å². The van der Waals surface area contributed by atoms with E-state index >= 15 is 0 Å². The number of hydrogen-bond donors (Lipinski definition) is 2. The van der Waals surface area contributed by atoms with Crippen molar-refractivity contribution in [3.63, 3.8) is 0 Å². The first kappa shape index (κ1) is 9.68. The first-order valence-corrected chi connectivity index (χ1v) is 5.63. The zero-order chi connectivity index (χ0) is 10.1. The molecule has 0 aliphatic heterocycles.